The van der Waals surface area contributed by atoms with Crippen LogP contribution in [-0.4, -0.2) is 37.5 Å². The van der Waals surface area contributed by atoms with Gasteiger partial charge in [0.2, 0.25) is 17.5 Å². The van der Waals surface area contributed by atoms with Crippen LogP contribution in [0.25, 0.3) is 11.5 Å². The van der Waals surface area contributed by atoms with Crippen LogP contribution in [0.3, 0.4) is 0 Å². The van der Waals surface area contributed by atoms with Gasteiger partial charge < -0.3 is 14.9 Å². The monoisotopic (exact) mass is 489 g/mol. The summed E-state index contributed by atoms with van der Waals surface area (Å²) in [5.41, 5.74) is -1.14. The second kappa shape index (κ2) is 8.21. The van der Waals surface area contributed by atoms with Gasteiger partial charge in [-0.25, -0.2) is 13.5 Å². The molecule has 1 amide bonds. The van der Waals surface area contributed by atoms with Gasteiger partial charge in [0.05, 0.1) is 5.56 Å². The molecule has 9 nitrogen and oxygen atoms in total. The number of carbonyl (C=O) groups excluding carboxylic acids is 1. The van der Waals surface area contributed by atoms with Gasteiger partial charge in [0.1, 0.15) is 5.69 Å². The molecule has 12 heteroatoms. The summed E-state index contributed by atoms with van der Waals surface area (Å²) in [6.07, 6.45) is 4.43. The largest absolute Gasteiger partial charge is 0.503 e. The first-order valence-corrected chi connectivity index (χ1v) is 11.2. The molecule has 0 saturated heterocycles. The molecule has 0 radical (unpaired) electrons. The van der Waals surface area contributed by atoms with Gasteiger partial charge in [-0.15, -0.1) is 0 Å². The van der Waals surface area contributed by atoms with Crippen molar-refractivity contribution in [3.63, 3.8) is 0 Å². The van der Waals surface area contributed by atoms with Crippen molar-refractivity contribution in [2.75, 3.05) is 6.54 Å². The Bertz CT molecular complexity index is 1360. The first-order chi connectivity index (χ1) is 16.6. The van der Waals surface area contributed by atoms with Gasteiger partial charge >= 0.3 is 0 Å². The molecule has 0 spiro atoms. The number of hydrogen-bond acceptors (Lipinski definition) is 7. The van der Waals surface area contributed by atoms with E-state index in [0.717, 1.165) is 38.5 Å². The predicted molar refractivity (Wildman–Crippen MR) is 115 cm³/mol. The van der Waals surface area contributed by atoms with Gasteiger partial charge in [-0.2, -0.15) is 14.5 Å². The number of nitrogens with zero attached hydrogens (tertiary/aromatic N) is 4. The van der Waals surface area contributed by atoms with Crippen molar-refractivity contribution in [3.05, 3.63) is 57.5 Å². The van der Waals surface area contributed by atoms with Gasteiger partial charge in [-0.3, -0.25) is 9.59 Å². The molecule has 3 fully saturated rings. The fraction of sp³-hybridized carbons (Fsp3) is 0.435. The minimum atomic E-state index is -1.79. The Hall–Kier alpha value is -3.70. The van der Waals surface area contributed by atoms with E-state index >= 15 is 0 Å². The number of carbonyl (C=O) groups is 1. The average Bonchev–Trinajstić information content (AvgIpc) is 3.38. The molecule has 3 aliphatic rings. The molecule has 6 rings (SSSR count). The highest BCUT2D eigenvalue weighted by Crippen LogP contribution is 2.57. The number of benzene rings is 1. The Morgan fingerprint density at radius 3 is 2.49 bits per heavy atom. The van der Waals surface area contributed by atoms with E-state index < -0.39 is 34.7 Å². The summed E-state index contributed by atoms with van der Waals surface area (Å²) in [7, 11) is 1.54. The highest BCUT2D eigenvalue weighted by molar-refractivity contribution is 5.94. The Labute approximate surface area is 197 Å². The third-order valence-electron chi connectivity index (χ3n) is 7.47. The summed E-state index contributed by atoms with van der Waals surface area (Å²) >= 11 is 0. The number of aromatic hydroxyl groups is 1. The van der Waals surface area contributed by atoms with Crippen LogP contribution in [0.15, 0.2) is 27.5 Å². The van der Waals surface area contributed by atoms with Gasteiger partial charge in [-0.05, 0) is 56.1 Å². The quantitative estimate of drug-likeness (QED) is 0.528. The zero-order chi connectivity index (χ0) is 25.0. The maximum Gasteiger partial charge on any atom is 0.266 e. The Kier molecular flexibility index (Phi) is 5.41. The summed E-state index contributed by atoms with van der Waals surface area (Å²) in [4.78, 5) is 28.6. The van der Waals surface area contributed by atoms with Gasteiger partial charge in [0.25, 0.3) is 11.5 Å². The highest BCUT2D eigenvalue weighted by atomic mass is 19.2. The molecule has 1 aromatic carbocycles. The third-order valence-corrected chi connectivity index (χ3v) is 7.47. The maximum absolute atomic E-state index is 14.0. The van der Waals surface area contributed by atoms with Crippen LogP contribution in [0.5, 0.6) is 5.75 Å². The molecule has 0 aliphatic heterocycles. The third kappa shape index (κ3) is 3.86. The Balaban J connectivity index is 1.26. The number of halogens is 3. The van der Waals surface area contributed by atoms with Crippen molar-refractivity contribution >= 4 is 5.91 Å². The number of aryl methyl sites for hydroxylation is 1. The molecule has 3 aliphatic carbocycles. The summed E-state index contributed by atoms with van der Waals surface area (Å²) in [5, 5.41) is 20.0. The van der Waals surface area contributed by atoms with Crippen LogP contribution in [0.1, 0.15) is 54.8 Å². The first kappa shape index (κ1) is 23.1. The molecule has 3 aromatic rings. The number of nitrogens with one attached hydrogen (secondary N) is 1. The maximum atomic E-state index is 14.0. The second-order valence-corrected chi connectivity index (χ2v) is 9.45. The van der Waals surface area contributed by atoms with Crippen molar-refractivity contribution in [2.45, 2.75) is 43.9 Å². The normalized spacial score (nSPS) is 23.4. The van der Waals surface area contributed by atoms with E-state index in [4.69, 9.17) is 9.63 Å². The summed E-state index contributed by atoms with van der Waals surface area (Å²) in [5.74, 6) is -6.37. The van der Waals surface area contributed by atoms with E-state index in [9.17, 15) is 22.8 Å². The molecule has 0 unspecified atom stereocenters. The van der Waals surface area contributed by atoms with Crippen LogP contribution in [0.2, 0.25) is 0 Å². The molecule has 35 heavy (non-hydrogen) atoms. The molecule has 0 atom stereocenters. The molecule has 184 valence electrons. The van der Waals surface area contributed by atoms with Gasteiger partial charge in [0.15, 0.2) is 17.4 Å². The summed E-state index contributed by atoms with van der Waals surface area (Å²) in [6, 6.07) is 3.41. The average molecular weight is 489 g/mol. The lowest BCUT2D eigenvalue weighted by atomic mass is 9.53. The van der Waals surface area contributed by atoms with E-state index in [1.165, 1.54) is 17.8 Å². The fourth-order valence-corrected chi connectivity index (χ4v) is 5.13. The number of rotatable bonds is 5. The molecule has 2 heterocycles. The van der Waals surface area contributed by atoms with Crippen molar-refractivity contribution in [3.8, 4) is 17.3 Å². The number of phenolic OH excluding ortho intramolecular Hbond substituents is 1. The zero-order valence-corrected chi connectivity index (χ0v) is 18.8. The SMILES string of the molecule is Cn1nc(-c2noc([C@]34CC[C@](CNC(=O)c5cc(F)c(O)c(F)c5F)(CC3)CC4)n2)ccc1=O. The van der Waals surface area contributed by atoms with Crippen molar-refractivity contribution < 1.29 is 27.6 Å². The minimum Gasteiger partial charge on any atom is -0.503 e. The number of amides is 1. The van der Waals surface area contributed by atoms with Crippen molar-refractivity contribution in [1.82, 2.24) is 25.2 Å². The second-order valence-electron chi connectivity index (χ2n) is 9.45. The van der Waals surface area contributed by atoms with Crippen LogP contribution in [0.4, 0.5) is 13.2 Å². The van der Waals surface area contributed by atoms with E-state index in [2.05, 4.69) is 20.6 Å². The topological polar surface area (TPSA) is 123 Å². The Morgan fingerprint density at radius 1 is 1.14 bits per heavy atom. The first-order valence-electron chi connectivity index (χ1n) is 11.2. The Morgan fingerprint density at radius 2 is 1.83 bits per heavy atom. The van der Waals surface area contributed by atoms with Crippen molar-refractivity contribution in [2.24, 2.45) is 12.5 Å². The molecular formula is C23H22F3N5O4. The van der Waals surface area contributed by atoms with Gasteiger partial charge in [-0.1, -0.05) is 5.16 Å². The van der Waals surface area contributed by atoms with Crippen molar-refractivity contribution in [1.29, 1.82) is 0 Å². The van der Waals surface area contributed by atoms with Gasteiger partial charge in [0, 0.05) is 25.1 Å². The standard InChI is InChI=1S/C23H22F3N5O4/c1-31-15(32)3-2-14(29-31)19-28-21(35-30-19)23-7-4-22(5-8-23,6-9-23)11-27-20(34)12-10-13(24)18(33)17(26)16(12)25/h2-3,10,33H,4-9,11H2,1H3,(H,27,34)/t22-,23+. The van der Waals surface area contributed by atoms with E-state index in [1.54, 1.807) is 6.07 Å². The number of fused-ring (bicyclic) bond motifs is 3. The smallest absolute Gasteiger partial charge is 0.266 e. The number of hydrogen-bond donors (Lipinski definition) is 2. The number of aromatic nitrogens is 4. The fourth-order valence-electron chi connectivity index (χ4n) is 5.13. The lowest BCUT2D eigenvalue weighted by Crippen LogP contribution is -2.49. The van der Waals surface area contributed by atoms with Crippen LogP contribution >= 0.6 is 0 Å². The zero-order valence-electron chi connectivity index (χ0n) is 18.8. The lowest BCUT2D eigenvalue weighted by molar-refractivity contribution is 0.0228. The summed E-state index contributed by atoms with van der Waals surface area (Å²) in [6.45, 7) is 0.225. The van der Waals surface area contributed by atoms with Crippen LogP contribution in [0, 0.1) is 22.9 Å². The molecule has 3 saturated carbocycles. The highest BCUT2D eigenvalue weighted by Gasteiger charge is 2.52. The minimum absolute atomic E-state index is 0.225. The molecule has 2 N–H and O–H groups in total. The summed E-state index contributed by atoms with van der Waals surface area (Å²) < 4.78 is 48.0. The van der Waals surface area contributed by atoms with E-state index in [-0.39, 0.29) is 22.9 Å². The molecule has 2 aromatic heterocycles. The number of phenols is 1. The van der Waals surface area contributed by atoms with Crippen LogP contribution < -0.4 is 10.9 Å². The van der Waals surface area contributed by atoms with E-state index in [0.29, 0.717) is 23.5 Å². The molecular weight excluding hydrogens is 467 g/mol. The van der Waals surface area contributed by atoms with Crippen LogP contribution in [-0.2, 0) is 12.5 Å². The lowest BCUT2D eigenvalue weighted by Gasteiger charge is -2.51. The predicted octanol–water partition coefficient (Wildman–Crippen LogP) is 2.98. The van der Waals surface area contributed by atoms with E-state index in [1.807, 2.05) is 0 Å². The molecule has 2 bridgehead atoms.